The van der Waals surface area contributed by atoms with Crippen LogP contribution in [0.3, 0.4) is 0 Å². The number of phenolic OH excluding ortho intramolecular Hbond substituents is 1. The molecule has 8 heteroatoms. The maximum Gasteiger partial charge on any atom is 0.258 e. The van der Waals surface area contributed by atoms with E-state index in [1.807, 2.05) is 0 Å². The third-order valence-electron chi connectivity index (χ3n) is 4.08. The Bertz CT molecular complexity index is 837. The molecular weight excluding hydrogens is 411 g/mol. The highest BCUT2D eigenvalue weighted by atomic mass is 35.5. The third-order valence-corrected chi connectivity index (χ3v) is 4.76. The number of rotatable bonds is 8. The normalized spacial score (nSPS) is 11.0. The molecule has 0 saturated carbocycles. The molecule has 28 heavy (non-hydrogen) atoms. The van der Waals surface area contributed by atoms with Crippen molar-refractivity contribution in [2.45, 2.75) is 26.2 Å². The molecule has 0 fully saturated rings. The SMILES string of the molecule is CC(C)c1c(O)ccc(Cc2c(Cl)cc(OCC(=O)NCCF)cc2Cl)c1F. The van der Waals surface area contributed by atoms with Crippen LogP contribution in [0, 0.1) is 5.82 Å². The standard InChI is InChI=1S/C20H21Cl2F2NO3/c1-11(2)19-17(26)4-3-12(20(19)24)7-14-15(21)8-13(9-16(14)22)28-10-18(27)25-6-5-23/h3-4,8-9,11,26H,5-7,10H2,1-2H3,(H,25,27). The number of alkyl halides is 1. The monoisotopic (exact) mass is 431 g/mol. The summed E-state index contributed by atoms with van der Waals surface area (Å²) in [7, 11) is 0. The first-order chi connectivity index (χ1) is 13.2. The summed E-state index contributed by atoms with van der Waals surface area (Å²) in [5.74, 6) is -0.981. The molecule has 0 aliphatic heterocycles. The average molecular weight is 432 g/mol. The minimum atomic E-state index is -0.662. The second-order valence-corrected chi connectivity index (χ2v) is 7.31. The van der Waals surface area contributed by atoms with Gasteiger partial charge in [-0.2, -0.15) is 0 Å². The van der Waals surface area contributed by atoms with Crippen LogP contribution in [0.15, 0.2) is 24.3 Å². The van der Waals surface area contributed by atoms with Crippen LogP contribution in [0.1, 0.15) is 36.5 Å². The molecule has 2 aromatic rings. The zero-order chi connectivity index (χ0) is 20.8. The summed E-state index contributed by atoms with van der Waals surface area (Å²) in [4.78, 5) is 11.5. The Balaban J connectivity index is 2.20. The molecule has 0 unspecified atom stereocenters. The lowest BCUT2D eigenvalue weighted by atomic mass is 9.95. The molecular formula is C20H21Cl2F2NO3. The van der Waals surface area contributed by atoms with E-state index in [1.54, 1.807) is 13.8 Å². The number of carbonyl (C=O) groups excluding carboxylic acids is 1. The molecule has 0 aliphatic carbocycles. The van der Waals surface area contributed by atoms with Crippen molar-refractivity contribution in [3.05, 3.63) is 56.8 Å². The largest absolute Gasteiger partial charge is 0.508 e. The lowest BCUT2D eigenvalue weighted by Gasteiger charge is -2.15. The van der Waals surface area contributed by atoms with Gasteiger partial charge in [-0.05, 0) is 35.2 Å². The second-order valence-electron chi connectivity index (χ2n) is 6.50. The molecule has 0 radical (unpaired) electrons. The predicted molar refractivity (Wildman–Crippen MR) is 106 cm³/mol. The lowest BCUT2D eigenvalue weighted by Crippen LogP contribution is -2.30. The van der Waals surface area contributed by atoms with Crippen molar-refractivity contribution in [2.75, 3.05) is 19.8 Å². The van der Waals surface area contributed by atoms with Crippen molar-refractivity contribution in [3.8, 4) is 11.5 Å². The number of hydrogen-bond donors (Lipinski definition) is 2. The number of ether oxygens (including phenoxy) is 1. The van der Waals surface area contributed by atoms with Gasteiger partial charge in [-0.25, -0.2) is 8.78 Å². The van der Waals surface area contributed by atoms with E-state index < -0.39 is 18.4 Å². The predicted octanol–water partition coefficient (Wildman–Crippen LogP) is 5.02. The summed E-state index contributed by atoms with van der Waals surface area (Å²) in [6.07, 6.45) is 0.126. The first kappa shape index (κ1) is 22.2. The van der Waals surface area contributed by atoms with Gasteiger partial charge in [-0.1, -0.05) is 43.1 Å². The Morgan fingerprint density at radius 1 is 1.25 bits per heavy atom. The summed E-state index contributed by atoms with van der Waals surface area (Å²) >= 11 is 12.6. The van der Waals surface area contributed by atoms with Gasteiger partial charge in [0.2, 0.25) is 0 Å². The van der Waals surface area contributed by atoms with E-state index in [0.29, 0.717) is 11.1 Å². The van der Waals surface area contributed by atoms with Gasteiger partial charge in [0.1, 0.15) is 24.0 Å². The number of carbonyl (C=O) groups is 1. The van der Waals surface area contributed by atoms with Crippen molar-refractivity contribution in [1.29, 1.82) is 0 Å². The lowest BCUT2D eigenvalue weighted by molar-refractivity contribution is -0.123. The van der Waals surface area contributed by atoms with Crippen LogP contribution in [0.5, 0.6) is 11.5 Å². The molecule has 2 N–H and O–H groups in total. The average Bonchev–Trinajstić information content (AvgIpc) is 2.62. The summed E-state index contributed by atoms with van der Waals surface area (Å²) in [5, 5.41) is 12.7. The highest BCUT2D eigenvalue weighted by Crippen LogP contribution is 2.35. The van der Waals surface area contributed by atoms with Gasteiger partial charge in [-0.3, -0.25) is 4.79 Å². The number of hydrogen-bond acceptors (Lipinski definition) is 3. The van der Waals surface area contributed by atoms with Gasteiger partial charge in [-0.15, -0.1) is 0 Å². The molecule has 0 aromatic heterocycles. The van der Waals surface area contributed by atoms with Crippen LogP contribution >= 0.6 is 23.2 Å². The molecule has 0 spiro atoms. The maximum atomic E-state index is 14.8. The Hall–Kier alpha value is -2.05. The quantitative estimate of drug-likeness (QED) is 0.616. The molecule has 0 atom stereocenters. The molecule has 1 amide bonds. The van der Waals surface area contributed by atoms with Crippen molar-refractivity contribution < 1.29 is 23.4 Å². The first-order valence-electron chi connectivity index (χ1n) is 8.68. The molecule has 4 nitrogen and oxygen atoms in total. The highest BCUT2D eigenvalue weighted by Gasteiger charge is 2.18. The zero-order valence-electron chi connectivity index (χ0n) is 15.5. The van der Waals surface area contributed by atoms with Crippen LogP contribution in [0.4, 0.5) is 8.78 Å². The minimum absolute atomic E-state index is 0.0841. The number of halogens is 4. The van der Waals surface area contributed by atoms with E-state index in [1.165, 1.54) is 24.3 Å². The van der Waals surface area contributed by atoms with Crippen molar-refractivity contribution in [1.82, 2.24) is 5.32 Å². The van der Waals surface area contributed by atoms with Crippen molar-refractivity contribution in [2.24, 2.45) is 0 Å². The number of amides is 1. The Labute approximate surface area is 172 Å². The fourth-order valence-corrected chi connectivity index (χ4v) is 3.32. The van der Waals surface area contributed by atoms with Crippen LogP contribution in [-0.2, 0) is 11.2 Å². The maximum absolute atomic E-state index is 14.8. The van der Waals surface area contributed by atoms with Crippen molar-refractivity contribution in [3.63, 3.8) is 0 Å². The number of aromatic hydroxyl groups is 1. The highest BCUT2D eigenvalue weighted by molar-refractivity contribution is 6.36. The van der Waals surface area contributed by atoms with Gasteiger partial charge in [0.15, 0.2) is 6.61 Å². The van der Waals surface area contributed by atoms with E-state index >= 15 is 0 Å². The number of phenols is 1. The van der Waals surface area contributed by atoms with Gasteiger partial charge in [0, 0.05) is 28.6 Å². The topological polar surface area (TPSA) is 58.6 Å². The third kappa shape index (κ3) is 5.49. The van der Waals surface area contributed by atoms with E-state index in [9.17, 15) is 18.7 Å². The molecule has 0 bridgehead atoms. The molecule has 2 aromatic carbocycles. The molecule has 152 valence electrons. The van der Waals surface area contributed by atoms with Gasteiger partial charge in [0.05, 0.1) is 0 Å². The minimum Gasteiger partial charge on any atom is -0.508 e. The second kappa shape index (κ2) is 9.94. The molecule has 0 saturated heterocycles. The Morgan fingerprint density at radius 3 is 2.46 bits per heavy atom. The first-order valence-corrected chi connectivity index (χ1v) is 9.43. The zero-order valence-corrected chi connectivity index (χ0v) is 17.0. The summed E-state index contributed by atoms with van der Waals surface area (Å²) in [5.41, 5.74) is 1.09. The Morgan fingerprint density at radius 2 is 1.89 bits per heavy atom. The number of benzene rings is 2. The smallest absolute Gasteiger partial charge is 0.258 e. The van der Waals surface area contributed by atoms with E-state index in [0.717, 1.165) is 0 Å². The summed E-state index contributed by atoms with van der Waals surface area (Å²) in [6.45, 7) is 2.52. The van der Waals surface area contributed by atoms with E-state index in [-0.39, 0.29) is 52.6 Å². The fraction of sp³-hybridized carbons (Fsp3) is 0.350. The van der Waals surface area contributed by atoms with Gasteiger partial charge in [0.25, 0.3) is 5.91 Å². The van der Waals surface area contributed by atoms with Gasteiger partial charge >= 0.3 is 0 Å². The van der Waals surface area contributed by atoms with E-state index in [2.05, 4.69) is 5.32 Å². The van der Waals surface area contributed by atoms with E-state index in [4.69, 9.17) is 27.9 Å². The summed E-state index contributed by atoms with van der Waals surface area (Å²) < 4.78 is 32.1. The molecule has 0 aliphatic rings. The Kier molecular flexibility index (Phi) is 7.89. The number of nitrogens with one attached hydrogen (secondary N) is 1. The van der Waals surface area contributed by atoms with Crippen LogP contribution in [0.2, 0.25) is 10.0 Å². The molecule has 0 heterocycles. The molecule has 2 rings (SSSR count). The van der Waals surface area contributed by atoms with Crippen molar-refractivity contribution >= 4 is 29.1 Å². The van der Waals surface area contributed by atoms with Crippen LogP contribution in [-0.4, -0.2) is 30.8 Å². The van der Waals surface area contributed by atoms with Crippen LogP contribution in [0.25, 0.3) is 0 Å². The van der Waals surface area contributed by atoms with Gasteiger partial charge < -0.3 is 15.2 Å². The van der Waals surface area contributed by atoms with Crippen LogP contribution < -0.4 is 10.1 Å². The summed E-state index contributed by atoms with van der Waals surface area (Å²) in [6, 6.07) is 5.89. The fourth-order valence-electron chi connectivity index (χ4n) is 2.72.